The lowest BCUT2D eigenvalue weighted by atomic mass is 10.2. The summed E-state index contributed by atoms with van der Waals surface area (Å²) in [4.78, 5) is 13.8. The molecule has 2 heterocycles. The predicted octanol–water partition coefficient (Wildman–Crippen LogP) is 4.01. The highest BCUT2D eigenvalue weighted by Crippen LogP contribution is 2.45. The molecule has 4 rings (SSSR count). The Bertz CT molecular complexity index is 917. The van der Waals surface area contributed by atoms with Crippen LogP contribution in [-0.4, -0.2) is 7.11 Å². The van der Waals surface area contributed by atoms with Crippen LogP contribution in [0.1, 0.15) is 0 Å². The zero-order valence-corrected chi connectivity index (χ0v) is 12.0. The summed E-state index contributed by atoms with van der Waals surface area (Å²) in [5.41, 5.74) is 1.98. The third-order valence-corrected chi connectivity index (χ3v) is 4.58. The van der Waals surface area contributed by atoms with E-state index in [0.717, 1.165) is 21.7 Å². The van der Waals surface area contributed by atoms with E-state index in [-0.39, 0.29) is 5.63 Å². The highest BCUT2D eigenvalue weighted by Gasteiger charge is 2.22. The molecule has 0 saturated heterocycles. The number of hydrogen-bond donors (Lipinski definition) is 1. The number of anilines is 2. The largest absolute Gasteiger partial charge is 0.497 e. The Morgan fingerprint density at radius 3 is 2.90 bits per heavy atom. The Morgan fingerprint density at radius 1 is 1.19 bits per heavy atom. The molecule has 1 aliphatic rings. The zero-order valence-electron chi connectivity index (χ0n) is 11.2. The number of ether oxygens (including phenoxy) is 1. The predicted molar refractivity (Wildman–Crippen MR) is 82.9 cm³/mol. The molecule has 5 heteroatoms. The highest BCUT2D eigenvalue weighted by molar-refractivity contribution is 7.99. The molecule has 0 radical (unpaired) electrons. The van der Waals surface area contributed by atoms with E-state index in [1.165, 1.54) is 11.8 Å². The van der Waals surface area contributed by atoms with Gasteiger partial charge in [0.2, 0.25) is 0 Å². The average Bonchev–Trinajstić information content (AvgIpc) is 2.53. The number of nitrogens with one attached hydrogen (secondary N) is 1. The van der Waals surface area contributed by atoms with E-state index in [9.17, 15) is 4.79 Å². The van der Waals surface area contributed by atoms with E-state index in [1.54, 1.807) is 13.2 Å². The second-order valence-electron chi connectivity index (χ2n) is 4.68. The van der Waals surface area contributed by atoms with E-state index in [2.05, 4.69) is 5.32 Å². The van der Waals surface area contributed by atoms with Crippen LogP contribution < -0.4 is 15.7 Å². The molecule has 0 bridgehead atoms. The minimum Gasteiger partial charge on any atom is -0.497 e. The molecule has 3 aromatic rings. The molecule has 0 spiro atoms. The van der Waals surface area contributed by atoms with E-state index >= 15 is 0 Å². The maximum atomic E-state index is 12.2. The van der Waals surface area contributed by atoms with Crippen molar-refractivity contribution in [2.75, 3.05) is 12.4 Å². The first-order chi connectivity index (χ1) is 10.3. The van der Waals surface area contributed by atoms with Crippen molar-refractivity contribution in [1.29, 1.82) is 0 Å². The summed E-state index contributed by atoms with van der Waals surface area (Å²) >= 11 is 1.43. The minimum atomic E-state index is -0.335. The highest BCUT2D eigenvalue weighted by atomic mass is 32.2. The first kappa shape index (κ1) is 12.3. The van der Waals surface area contributed by atoms with Crippen molar-refractivity contribution in [2.24, 2.45) is 0 Å². The molecular weight excluding hydrogens is 286 g/mol. The Kier molecular flexibility index (Phi) is 2.68. The average molecular weight is 297 g/mol. The first-order valence-corrected chi connectivity index (χ1v) is 7.26. The van der Waals surface area contributed by atoms with Crippen LogP contribution in [-0.2, 0) is 0 Å². The molecule has 0 atom stereocenters. The lowest BCUT2D eigenvalue weighted by Crippen LogP contribution is -2.10. The Hall–Kier alpha value is -2.40. The second-order valence-corrected chi connectivity index (χ2v) is 5.73. The summed E-state index contributed by atoms with van der Waals surface area (Å²) in [6, 6.07) is 13.4. The van der Waals surface area contributed by atoms with E-state index in [1.807, 2.05) is 36.4 Å². The van der Waals surface area contributed by atoms with Crippen LogP contribution in [0.15, 0.2) is 61.5 Å². The van der Waals surface area contributed by atoms with Crippen molar-refractivity contribution in [3.8, 4) is 5.75 Å². The van der Waals surface area contributed by atoms with Gasteiger partial charge in [0.15, 0.2) is 0 Å². The van der Waals surface area contributed by atoms with Gasteiger partial charge in [-0.15, -0.1) is 0 Å². The van der Waals surface area contributed by atoms with Crippen LogP contribution >= 0.6 is 11.8 Å². The van der Waals surface area contributed by atoms with Gasteiger partial charge in [-0.05, 0) is 24.3 Å². The molecule has 0 unspecified atom stereocenters. The van der Waals surface area contributed by atoms with Gasteiger partial charge in [-0.25, -0.2) is 4.79 Å². The van der Waals surface area contributed by atoms with Crippen LogP contribution in [0.25, 0.3) is 11.0 Å². The van der Waals surface area contributed by atoms with Gasteiger partial charge in [0.25, 0.3) is 0 Å². The molecule has 21 heavy (non-hydrogen) atoms. The van der Waals surface area contributed by atoms with Crippen molar-refractivity contribution in [3.63, 3.8) is 0 Å². The topological polar surface area (TPSA) is 51.5 Å². The van der Waals surface area contributed by atoms with Gasteiger partial charge in [-0.1, -0.05) is 23.9 Å². The van der Waals surface area contributed by atoms with Gasteiger partial charge in [0, 0.05) is 16.3 Å². The summed E-state index contributed by atoms with van der Waals surface area (Å²) in [5.74, 6) is 0.662. The molecule has 104 valence electrons. The quantitative estimate of drug-likeness (QED) is 0.538. The summed E-state index contributed by atoms with van der Waals surface area (Å²) < 4.78 is 10.6. The van der Waals surface area contributed by atoms with Crippen LogP contribution in [0.4, 0.5) is 11.4 Å². The van der Waals surface area contributed by atoms with E-state index in [4.69, 9.17) is 9.15 Å². The molecule has 2 aromatic carbocycles. The molecule has 0 amide bonds. The molecule has 1 N–H and O–H groups in total. The van der Waals surface area contributed by atoms with Gasteiger partial charge in [-0.3, -0.25) is 0 Å². The SMILES string of the molecule is COc1ccc2c3c(c(=O)oc2c1)Sc1ccccc1N3. The maximum Gasteiger partial charge on any atom is 0.352 e. The van der Waals surface area contributed by atoms with Gasteiger partial charge in [-0.2, -0.15) is 0 Å². The Balaban J connectivity index is 1.99. The van der Waals surface area contributed by atoms with E-state index < -0.39 is 0 Å². The van der Waals surface area contributed by atoms with Gasteiger partial charge >= 0.3 is 5.63 Å². The number of hydrogen-bond acceptors (Lipinski definition) is 5. The number of methoxy groups -OCH3 is 1. The molecular formula is C16H11NO3S. The van der Waals surface area contributed by atoms with Gasteiger partial charge < -0.3 is 14.5 Å². The number of benzene rings is 2. The van der Waals surface area contributed by atoms with Crippen LogP contribution in [0.2, 0.25) is 0 Å². The lowest BCUT2D eigenvalue weighted by Gasteiger charge is -2.20. The molecule has 1 aromatic heterocycles. The van der Waals surface area contributed by atoms with Gasteiger partial charge in [0.1, 0.15) is 16.2 Å². The van der Waals surface area contributed by atoms with Crippen LogP contribution in [0.5, 0.6) is 5.75 Å². The smallest absolute Gasteiger partial charge is 0.352 e. The fraction of sp³-hybridized carbons (Fsp3) is 0.0625. The molecule has 0 saturated carbocycles. The van der Waals surface area contributed by atoms with Crippen LogP contribution in [0, 0.1) is 0 Å². The Labute approximate surface area is 124 Å². The summed E-state index contributed by atoms with van der Waals surface area (Å²) in [6.07, 6.45) is 0. The fourth-order valence-electron chi connectivity index (χ4n) is 2.41. The standard InChI is InChI=1S/C16H11NO3S/c1-19-9-6-7-10-12(8-9)20-16(18)15-14(10)17-11-4-2-3-5-13(11)21-15/h2-8,17H,1H3. The van der Waals surface area contributed by atoms with Crippen LogP contribution in [0.3, 0.4) is 0 Å². The summed E-state index contributed by atoms with van der Waals surface area (Å²) in [5, 5.41) is 4.21. The van der Waals surface area contributed by atoms with Crippen molar-refractivity contribution in [1.82, 2.24) is 0 Å². The third kappa shape index (κ3) is 1.89. The molecule has 4 nitrogen and oxygen atoms in total. The summed E-state index contributed by atoms with van der Waals surface area (Å²) in [6.45, 7) is 0. The van der Waals surface area contributed by atoms with E-state index in [0.29, 0.717) is 16.2 Å². The normalized spacial score (nSPS) is 12.4. The van der Waals surface area contributed by atoms with Crippen molar-refractivity contribution < 1.29 is 9.15 Å². The van der Waals surface area contributed by atoms with Gasteiger partial charge in [0.05, 0.1) is 18.5 Å². The monoisotopic (exact) mass is 297 g/mol. The molecule has 0 aliphatic carbocycles. The fourth-order valence-corrected chi connectivity index (χ4v) is 3.40. The number of para-hydroxylation sites is 1. The van der Waals surface area contributed by atoms with Crippen molar-refractivity contribution in [3.05, 3.63) is 52.9 Å². The zero-order chi connectivity index (χ0) is 14.4. The number of fused-ring (bicyclic) bond motifs is 4. The number of rotatable bonds is 1. The summed E-state index contributed by atoms with van der Waals surface area (Å²) in [7, 11) is 1.59. The molecule has 0 fully saturated rings. The lowest BCUT2D eigenvalue weighted by molar-refractivity contribution is 0.414. The second kappa shape index (κ2) is 4.56. The minimum absolute atomic E-state index is 0.335. The first-order valence-electron chi connectivity index (χ1n) is 6.45. The van der Waals surface area contributed by atoms with Crippen molar-refractivity contribution >= 4 is 34.1 Å². The molecule has 1 aliphatic heterocycles. The Morgan fingerprint density at radius 2 is 2.05 bits per heavy atom. The maximum absolute atomic E-state index is 12.2. The third-order valence-electron chi connectivity index (χ3n) is 3.43. The van der Waals surface area contributed by atoms with Crippen molar-refractivity contribution in [2.45, 2.75) is 9.79 Å².